The lowest BCUT2D eigenvalue weighted by Crippen LogP contribution is -2.33. The van der Waals surface area contributed by atoms with Gasteiger partial charge >= 0.3 is 0 Å². The maximum absolute atomic E-state index is 11.1. The molecule has 0 saturated heterocycles. The van der Waals surface area contributed by atoms with Gasteiger partial charge in [0.2, 0.25) is 0 Å². The topological polar surface area (TPSA) is 140 Å². The molecule has 0 aliphatic heterocycles. The maximum Gasteiger partial charge on any atom is 0.297 e. The molecule has 136 valence electrons. The smallest absolute Gasteiger partial charge is 0.297 e. The summed E-state index contributed by atoms with van der Waals surface area (Å²) < 4.78 is 0. The number of carbonyl (C=O) groups excluding carboxylic acids is 1. The zero-order chi connectivity index (χ0) is 18.9. The molecule has 0 bridgehead atoms. The van der Waals surface area contributed by atoms with Gasteiger partial charge in [0.05, 0.1) is 10.6 Å². The van der Waals surface area contributed by atoms with E-state index in [0.29, 0.717) is 38.2 Å². The summed E-state index contributed by atoms with van der Waals surface area (Å²) >= 11 is 0. The second-order valence-electron chi connectivity index (χ2n) is 5.40. The fourth-order valence-corrected chi connectivity index (χ4v) is 2.37. The summed E-state index contributed by atoms with van der Waals surface area (Å²) in [6.45, 7) is 2.41. The summed E-state index contributed by atoms with van der Waals surface area (Å²) in [5.41, 5.74) is 12.7. The Hall–Kier alpha value is -3.17. The van der Waals surface area contributed by atoms with Gasteiger partial charge in [-0.05, 0) is 36.4 Å². The average molecular weight is 356 g/mol. The summed E-state index contributed by atoms with van der Waals surface area (Å²) in [4.78, 5) is 23.3. The first kappa shape index (κ1) is 19.2. The highest BCUT2D eigenvalue weighted by Gasteiger charge is 2.14. The fourth-order valence-electron chi connectivity index (χ4n) is 2.37. The van der Waals surface area contributed by atoms with E-state index in [1.54, 1.807) is 12.1 Å². The van der Waals surface area contributed by atoms with E-state index in [9.17, 15) is 14.9 Å². The van der Waals surface area contributed by atoms with Crippen LogP contribution in [0.1, 0.15) is 10.4 Å². The molecule has 0 atom stereocenters. The van der Waals surface area contributed by atoms with Crippen LogP contribution in [0.5, 0.6) is 0 Å². The Labute approximate surface area is 150 Å². The van der Waals surface area contributed by atoms with E-state index in [-0.39, 0.29) is 16.9 Å². The van der Waals surface area contributed by atoms with Crippen LogP contribution in [0.3, 0.4) is 0 Å². The van der Waals surface area contributed by atoms with Crippen molar-refractivity contribution in [2.75, 3.05) is 31.1 Å². The van der Waals surface area contributed by atoms with Crippen molar-refractivity contribution in [1.29, 1.82) is 0 Å². The molecule has 9 heteroatoms. The molecule has 0 unspecified atom stereocenters. The Balaban J connectivity index is 2.21. The lowest BCUT2D eigenvalue weighted by atomic mass is 10.2. The van der Waals surface area contributed by atoms with Crippen LogP contribution in [0.25, 0.3) is 0 Å². The molecule has 0 heterocycles. The van der Waals surface area contributed by atoms with Crippen LogP contribution in [-0.4, -0.2) is 37.4 Å². The molecule has 4 N–H and O–H groups in total. The van der Waals surface area contributed by atoms with Crippen molar-refractivity contribution in [1.82, 2.24) is 0 Å². The van der Waals surface area contributed by atoms with Gasteiger partial charge < -0.3 is 16.4 Å². The Morgan fingerprint density at radius 1 is 1.04 bits per heavy atom. The Morgan fingerprint density at radius 2 is 1.69 bits per heavy atom. The summed E-state index contributed by atoms with van der Waals surface area (Å²) in [6, 6.07) is 11.3. The van der Waals surface area contributed by atoms with Crippen molar-refractivity contribution in [3.63, 3.8) is 0 Å². The standard InChI is InChI=1S/C17H20N6O3/c18-7-9-22(10-8-19)15-4-2-14(3-5-15)20-21-16-6-1-13(12-24)11-17(16)23(25)26/h1-6,11-12H,7-10,18-19H2. The summed E-state index contributed by atoms with van der Waals surface area (Å²) in [5.74, 6) is 0. The van der Waals surface area contributed by atoms with Crippen molar-refractivity contribution >= 4 is 29.0 Å². The molecule has 26 heavy (non-hydrogen) atoms. The zero-order valence-electron chi connectivity index (χ0n) is 14.1. The van der Waals surface area contributed by atoms with Gasteiger partial charge in [-0.1, -0.05) is 0 Å². The van der Waals surface area contributed by atoms with Gasteiger partial charge in [0.1, 0.15) is 6.29 Å². The number of nitro groups is 1. The van der Waals surface area contributed by atoms with E-state index in [2.05, 4.69) is 15.1 Å². The van der Waals surface area contributed by atoms with Crippen molar-refractivity contribution in [3.8, 4) is 0 Å². The van der Waals surface area contributed by atoms with Crippen LogP contribution >= 0.6 is 0 Å². The third-order valence-corrected chi connectivity index (χ3v) is 3.62. The van der Waals surface area contributed by atoms with Crippen LogP contribution in [0, 0.1) is 10.1 Å². The van der Waals surface area contributed by atoms with Crippen molar-refractivity contribution in [2.45, 2.75) is 0 Å². The van der Waals surface area contributed by atoms with Gasteiger partial charge in [-0.25, -0.2) is 0 Å². The fraction of sp³-hybridized carbons (Fsp3) is 0.235. The van der Waals surface area contributed by atoms with Gasteiger partial charge in [0, 0.05) is 43.5 Å². The molecule has 0 aliphatic rings. The van der Waals surface area contributed by atoms with E-state index < -0.39 is 4.92 Å². The molecule has 2 aromatic rings. The number of hydrogen-bond acceptors (Lipinski definition) is 8. The first-order valence-electron chi connectivity index (χ1n) is 7.99. The van der Waals surface area contributed by atoms with Crippen molar-refractivity contribution < 1.29 is 9.72 Å². The highest BCUT2D eigenvalue weighted by Crippen LogP contribution is 2.30. The van der Waals surface area contributed by atoms with E-state index in [4.69, 9.17) is 11.5 Å². The zero-order valence-corrected chi connectivity index (χ0v) is 14.1. The number of carbonyl (C=O) groups is 1. The van der Waals surface area contributed by atoms with Gasteiger partial charge in [-0.3, -0.25) is 14.9 Å². The lowest BCUT2D eigenvalue weighted by molar-refractivity contribution is -0.384. The lowest BCUT2D eigenvalue weighted by Gasteiger charge is -2.23. The van der Waals surface area contributed by atoms with Crippen molar-refractivity contribution in [3.05, 3.63) is 58.1 Å². The number of nitro benzene ring substituents is 1. The SMILES string of the molecule is NCCN(CCN)c1ccc(N=Nc2ccc(C=O)cc2[N+](=O)[O-])cc1. The molecule has 0 fully saturated rings. The molecule has 0 spiro atoms. The number of nitrogens with two attached hydrogens (primary N) is 2. The minimum atomic E-state index is -0.595. The molecule has 0 radical (unpaired) electrons. The number of anilines is 1. The Kier molecular flexibility index (Phi) is 6.89. The van der Waals surface area contributed by atoms with Gasteiger partial charge in [-0.15, -0.1) is 5.11 Å². The molecule has 0 saturated carbocycles. The molecular formula is C17H20N6O3. The van der Waals surface area contributed by atoms with Crippen molar-refractivity contribution in [2.24, 2.45) is 21.7 Å². The number of azo groups is 1. The number of rotatable bonds is 9. The molecule has 9 nitrogen and oxygen atoms in total. The third kappa shape index (κ3) is 4.91. The summed E-state index contributed by atoms with van der Waals surface area (Å²) in [7, 11) is 0. The van der Waals surface area contributed by atoms with Crippen LogP contribution in [0.4, 0.5) is 22.7 Å². The first-order chi connectivity index (χ1) is 12.6. The second kappa shape index (κ2) is 9.35. The number of benzene rings is 2. The molecule has 2 aromatic carbocycles. The second-order valence-corrected chi connectivity index (χ2v) is 5.40. The maximum atomic E-state index is 11.1. The molecule has 0 aliphatic carbocycles. The average Bonchev–Trinajstić information content (AvgIpc) is 2.66. The van der Waals surface area contributed by atoms with Crippen LogP contribution in [0.15, 0.2) is 52.7 Å². The monoisotopic (exact) mass is 356 g/mol. The molecular weight excluding hydrogens is 336 g/mol. The third-order valence-electron chi connectivity index (χ3n) is 3.62. The number of nitrogens with zero attached hydrogens (tertiary/aromatic N) is 4. The quantitative estimate of drug-likeness (QED) is 0.306. The highest BCUT2D eigenvalue weighted by atomic mass is 16.6. The van der Waals surface area contributed by atoms with Crippen LogP contribution < -0.4 is 16.4 Å². The molecule has 0 amide bonds. The predicted molar refractivity (Wildman–Crippen MR) is 99.4 cm³/mol. The van der Waals surface area contributed by atoms with E-state index >= 15 is 0 Å². The number of hydrogen-bond donors (Lipinski definition) is 2. The summed E-state index contributed by atoms with van der Waals surface area (Å²) in [6.07, 6.45) is 0.543. The van der Waals surface area contributed by atoms with Gasteiger partial charge in [0.15, 0.2) is 5.69 Å². The van der Waals surface area contributed by atoms with Crippen LogP contribution in [-0.2, 0) is 0 Å². The molecule has 2 rings (SSSR count). The normalized spacial score (nSPS) is 10.8. The van der Waals surface area contributed by atoms with Crippen LogP contribution in [0.2, 0.25) is 0 Å². The summed E-state index contributed by atoms with van der Waals surface area (Å²) in [5, 5.41) is 19.1. The largest absolute Gasteiger partial charge is 0.369 e. The Bertz CT molecular complexity index is 786. The van der Waals surface area contributed by atoms with E-state index in [0.717, 1.165) is 5.69 Å². The van der Waals surface area contributed by atoms with E-state index in [1.807, 2.05) is 12.1 Å². The highest BCUT2D eigenvalue weighted by molar-refractivity contribution is 5.78. The van der Waals surface area contributed by atoms with E-state index in [1.165, 1.54) is 18.2 Å². The first-order valence-corrected chi connectivity index (χ1v) is 7.99. The minimum absolute atomic E-state index is 0.0811. The minimum Gasteiger partial charge on any atom is -0.369 e. The van der Waals surface area contributed by atoms with Gasteiger partial charge in [-0.2, -0.15) is 5.11 Å². The van der Waals surface area contributed by atoms with Gasteiger partial charge in [0.25, 0.3) is 5.69 Å². The predicted octanol–water partition coefficient (Wildman–Crippen LogP) is 2.55. The Morgan fingerprint density at radius 3 is 2.23 bits per heavy atom. The molecule has 0 aromatic heterocycles. The number of aldehydes is 1.